The van der Waals surface area contributed by atoms with Crippen LogP contribution in [0.4, 0.5) is 11.5 Å². The average molecular weight is 482 g/mol. The molecule has 27 heavy (non-hydrogen) atoms. The molecular weight excluding hydrogens is 455 g/mol. The van der Waals surface area contributed by atoms with E-state index in [1.54, 1.807) is 7.11 Å². The summed E-state index contributed by atoms with van der Waals surface area (Å²) in [5.74, 6) is 2.19. The zero-order valence-corrected chi connectivity index (χ0v) is 18.1. The number of pyridine rings is 1. The summed E-state index contributed by atoms with van der Waals surface area (Å²) in [6.07, 6.45) is 1.84. The molecule has 1 fully saturated rings. The lowest BCUT2D eigenvalue weighted by Gasteiger charge is -2.33. The number of benzene rings is 1. The first-order valence-electron chi connectivity index (χ1n) is 8.73. The van der Waals surface area contributed by atoms with Gasteiger partial charge in [-0.3, -0.25) is 0 Å². The Balaban J connectivity index is 0.00000261. The molecule has 3 N–H and O–H groups in total. The minimum absolute atomic E-state index is 0. The zero-order chi connectivity index (χ0) is 18.4. The van der Waals surface area contributed by atoms with Gasteiger partial charge < -0.3 is 25.6 Å². The Morgan fingerprint density at radius 3 is 2.56 bits per heavy atom. The number of nitrogens with zero attached hydrogens (tertiary/aromatic N) is 4. The number of nitrogens with one attached hydrogen (secondary N) is 1. The van der Waals surface area contributed by atoms with Gasteiger partial charge in [-0.15, -0.1) is 24.0 Å². The maximum atomic E-state index is 6.00. The highest BCUT2D eigenvalue weighted by Crippen LogP contribution is 2.16. The van der Waals surface area contributed by atoms with E-state index in [1.807, 2.05) is 36.5 Å². The van der Waals surface area contributed by atoms with Crippen LogP contribution >= 0.6 is 24.0 Å². The molecule has 1 aliphatic rings. The molecule has 8 heteroatoms. The third-order valence-corrected chi connectivity index (χ3v) is 4.43. The number of aromatic nitrogens is 1. The monoisotopic (exact) mass is 482 g/mol. The number of nitrogens with two attached hydrogens (primary N) is 1. The van der Waals surface area contributed by atoms with Crippen molar-refractivity contribution in [3.05, 3.63) is 48.2 Å². The summed E-state index contributed by atoms with van der Waals surface area (Å²) in [5.41, 5.74) is 7.96. The van der Waals surface area contributed by atoms with Crippen molar-refractivity contribution in [1.82, 2.24) is 9.88 Å². The maximum Gasteiger partial charge on any atom is 0.193 e. The minimum atomic E-state index is 0. The van der Waals surface area contributed by atoms with Crippen molar-refractivity contribution in [2.24, 2.45) is 10.7 Å². The van der Waals surface area contributed by atoms with Gasteiger partial charge in [0.1, 0.15) is 11.6 Å². The van der Waals surface area contributed by atoms with E-state index < -0.39 is 0 Å². The Kier molecular flexibility index (Phi) is 8.11. The zero-order valence-electron chi connectivity index (χ0n) is 15.8. The van der Waals surface area contributed by atoms with Crippen LogP contribution in [0.5, 0.6) is 5.75 Å². The predicted molar refractivity (Wildman–Crippen MR) is 121 cm³/mol. The first kappa shape index (κ1) is 21.2. The molecule has 0 radical (unpaired) electrons. The van der Waals surface area contributed by atoms with Gasteiger partial charge in [-0.1, -0.05) is 0 Å². The molecule has 1 saturated heterocycles. The van der Waals surface area contributed by atoms with Crippen molar-refractivity contribution in [2.45, 2.75) is 6.54 Å². The second-order valence-electron chi connectivity index (χ2n) is 6.37. The Hall–Kier alpha value is -2.07. The molecule has 2 aromatic rings. The van der Waals surface area contributed by atoms with Crippen molar-refractivity contribution in [1.29, 1.82) is 0 Å². The molecule has 3 rings (SSSR count). The van der Waals surface area contributed by atoms with E-state index in [-0.39, 0.29) is 24.0 Å². The summed E-state index contributed by atoms with van der Waals surface area (Å²) in [4.78, 5) is 13.6. The number of hydrogen-bond acceptors (Lipinski definition) is 5. The highest BCUT2D eigenvalue weighted by molar-refractivity contribution is 14.0. The third-order valence-electron chi connectivity index (χ3n) is 4.43. The van der Waals surface area contributed by atoms with E-state index in [0.29, 0.717) is 12.5 Å². The summed E-state index contributed by atoms with van der Waals surface area (Å²) in [5, 5.41) is 3.09. The van der Waals surface area contributed by atoms with Crippen molar-refractivity contribution in [3.8, 4) is 5.75 Å². The standard InChI is InChI=1S/C19H26N6O.HI/c1-24-9-11-25(12-10-24)18-13-15(7-8-21-18)14-22-19(20)23-16-3-5-17(26-2)6-4-16;/h3-8,13H,9-12,14H2,1-2H3,(H3,20,22,23);1H. The first-order valence-corrected chi connectivity index (χ1v) is 8.73. The Morgan fingerprint density at radius 1 is 1.19 bits per heavy atom. The van der Waals surface area contributed by atoms with E-state index in [0.717, 1.165) is 49.0 Å². The number of aliphatic imine (C=N–C) groups is 1. The smallest absolute Gasteiger partial charge is 0.193 e. The molecule has 7 nitrogen and oxygen atoms in total. The summed E-state index contributed by atoms with van der Waals surface area (Å²) >= 11 is 0. The van der Waals surface area contributed by atoms with Gasteiger partial charge in [-0.25, -0.2) is 9.98 Å². The van der Waals surface area contributed by atoms with Crippen LogP contribution in [-0.4, -0.2) is 56.2 Å². The van der Waals surface area contributed by atoms with E-state index >= 15 is 0 Å². The number of guanidine groups is 1. The van der Waals surface area contributed by atoms with Gasteiger partial charge in [-0.2, -0.15) is 0 Å². The second kappa shape index (κ2) is 10.3. The molecule has 0 amide bonds. The fourth-order valence-electron chi connectivity index (χ4n) is 2.81. The maximum absolute atomic E-state index is 6.00. The fraction of sp³-hybridized carbons (Fsp3) is 0.368. The number of piperazine rings is 1. The molecule has 2 heterocycles. The molecule has 0 unspecified atom stereocenters. The van der Waals surface area contributed by atoms with Crippen LogP contribution in [-0.2, 0) is 6.54 Å². The molecule has 0 spiro atoms. The van der Waals surface area contributed by atoms with Gasteiger partial charge in [0.05, 0.1) is 13.7 Å². The number of hydrogen-bond donors (Lipinski definition) is 2. The molecule has 1 aliphatic heterocycles. The van der Waals surface area contributed by atoms with E-state index in [9.17, 15) is 0 Å². The Bertz CT molecular complexity index is 744. The normalized spacial score (nSPS) is 15.2. The SMILES string of the molecule is COc1ccc(NC(N)=NCc2ccnc(N3CCN(C)CC3)c2)cc1.I. The van der Waals surface area contributed by atoms with Crippen LogP contribution in [0.2, 0.25) is 0 Å². The van der Waals surface area contributed by atoms with Gasteiger partial charge in [-0.05, 0) is 49.0 Å². The number of ether oxygens (including phenoxy) is 1. The molecule has 0 atom stereocenters. The number of halogens is 1. The molecule has 0 bridgehead atoms. The number of methoxy groups -OCH3 is 1. The van der Waals surface area contributed by atoms with Gasteiger partial charge in [0, 0.05) is 38.1 Å². The van der Waals surface area contributed by atoms with Crippen molar-refractivity contribution < 1.29 is 4.74 Å². The molecular formula is C19H27IN6O. The van der Waals surface area contributed by atoms with Crippen LogP contribution < -0.4 is 20.7 Å². The third kappa shape index (κ3) is 6.24. The lowest BCUT2D eigenvalue weighted by Crippen LogP contribution is -2.44. The summed E-state index contributed by atoms with van der Waals surface area (Å²) in [6, 6.07) is 11.6. The van der Waals surface area contributed by atoms with Crippen LogP contribution in [0.15, 0.2) is 47.6 Å². The van der Waals surface area contributed by atoms with Crippen molar-refractivity contribution in [3.63, 3.8) is 0 Å². The van der Waals surface area contributed by atoms with Crippen LogP contribution in [0.25, 0.3) is 0 Å². The van der Waals surface area contributed by atoms with Gasteiger partial charge >= 0.3 is 0 Å². The summed E-state index contributed by atoms with van der Waals surface area (Å²) in [7, 11) is 3.79. The fourth-order valence-corrected chi connectivity index (χ4v) is 2.81. The van der Waals surface area contributed by atoms with E-state index in [4.69, 9.17) is 10.5 Å². The van der Waals surface area contributed by atoms with Gasteiger partial charge in [0.25, 0.3) is 0 Å². The van der Waals surface area contributed by atoms with Crippen molar-refractivity contribution in [2.75, 3.05) is 50.6 Å². The first-order chi connectivity index (χ1) is 12.6. The molecule has 0 saturated carbocycles. The van der Waals surface area contributed by atoms with Crippen LogP contribution in [0, 0.1) is 0 Å². The Morgan fingerprint density at radius 2 is 1.89 bits per heavy atom. The number of anilines is 2. The van der Waals surface area contributed by atoms with Crippen LogP contribution in [0.1, 0.15) is 5.56 Å². The number of rotatable bonds is 5. The molecule has 1 aromatic carbocycles. The van der Waals surface area contributed by atoms with Crippen LogP contribution in [0.3, 0.4) is 0 Å². The lowest BCUT2D eigenvalue weighted by molar-refractivity contribution is 0.312. The summed E-state index contributed by atoms with van der Waals surface area (Å²) in [6.45, 7) is 4.62. The largest absolute Gasteiger partial charge is 0.497 e. The summed E-state index contributed by atoms with van der Waals surface area (Å²) < 4.78 is 5.14. The average Bonchev–Trinajstić information content (AvgIpc) is 2.68. The Labute approximate surface area is 177 Å². The second-order valence-corrected chi connectivity index (χ2v) is 6.37. The lowest BCUT2D eigenvalue weighted by atomic mass is 10.2. The highest BCUT2D eigenvalue weighted by Gasteiger charge is 2.15. The molecule has 0 aliphatic carbocycles. The molecule has 1 aromatic heterocycles. The predicted octanol–water partition coefficient (Wildman–Crippen LogP) is 2.39. The van der Waals surface area contributed by atoms with Gasteiger partial charge in [0.2, 0.25) is 0 Å². The highest BCUT2D eigenvalue weighted by atomic mass is 127. The van der Waals surface area contributed by atoms with E-state index in [2.05, 4.69) is 38.2 Å². The minimum Gasteiger partial charge on any atom is -0.497 e. The van der Waals surface area contributed by atoms with Crippen molar-refractivity contribution >= 4 is 41.4 Å². The number of likely N-dealkylation sites (N-methyl/N-ethyl adjacent to an activating group) is 1. The quantitative estimate of drug-likeness (QED) is 0.387. The topological polar surface area (TPSA) is 79.0 Å². The van der Waals surface area contributed by atoms with Gasteiger partial charge in [0.15, 0.2) is 5.96 Å². The molecule has 146 valence electrons. The van der Waals surface area contributed by atoms with E-state index in [1.165, 1.54) is 0 Å².